The number of hydrogen-bond donors (Lipinski definition) is 2. The van der Waals surface area contributed by atoms with Crippen LogP contribution in [0.5, 0.6) is 5.75 Å². The Hall–Kier alpha value is -1.48. The third-order valence-electron chi connectivity index (χ3n) is 3.22. The third-order valence-corrected chi connectivity index (χ3v) is 3.22. The minimum atomic E-state index is 0.359. The number of phenolic OH excluding ortho intramolecular Hbond substituents is 1. The van der Waals surface area contributed by atoms with E-state index in [0.29, 0.717) is 11.8 Å². The average molecular weight is 216 g/mol. The smallest absolute Gasteiger partial charge is 0.139 e. The summed E-state index contributed by atoms with van der Waals surface area (Å²) in [7, 11) is 1.97. The van der Waals surface area contributed by atoms with Crippen LogP contribution in [-0.4, -0.2) is 15.7 Å². The van der Waals surface area contributed by atoms with Crippen molar-refractivity contribution in [2.75, 3.05) is 0 Å². The fraction of sp³-hybridized carbons (Fsp3) is 0.385. The van der Waals surface area contributed by atoms with E-state index in [1.54, 1.807) is 6.07 Å². The highest BCUT2D eigenvalue weighted by molar-refractivity contribution is 5.88. The molecule has 3 heteroatoms. The van der Waals surface area contributed by atoms with Gasteiger partial charge in [0.25, 0.3) is 0 Å². The normalized spacial score (nSPS) is 15.8. The molecule has 2 N–H and O–H groups in total. The zero-order valence-corrected chi connectivity index (χ0v) is 9.40. The molecule has 1 aliphatic rings. The van der Waals surface area contributed by atoms with E-state index in [9.17, 15) is 5.11 Å². The molecule has 84 valence electrons. The van der Waals surface area contributed by atoms with Gasteiger partial charge in [-0.1, -0.05) is 12.1 Å². The van der Waals surface area contributed by atoms with Crippen molar-refractivity contribution in [3.8, 4) is 5.75 Å². The molecule has 3 rings (SSSR count). The molecule has 1 aromatic carbocycles. The first-order chi connectivity index (χ1) is 7.75. The molecule has 3 nitrogen and oxygen atoms in total. The molecule has 0 saturated heterocycles. The van der Waals surface area contributed by atoms with Gasteiger partial charge in [0, 0.05) is 31.2 Å². The number of phenols is 1. The number of nitrogens with zero attached hydrogens (tertiary/aromatic N) is 1. The molecule has 0 aliphatic heterocycles. The highest BCUT2D eigenvalue weighted by atomic mass is 16.3. The summed E-state index contributed by atoms with van der Waals surface area (Å²) in [6.07, 6.45) is 4.70. The molecule has 1 aliphatic carbocycles. The second kappa shape index (κ2) is 3.52. The van der Waals surface area contributed by atoms with E-state index in [2.05, 4.69) is 17.6 Å². The first-order valence-corrected chi connectivity index (χ1v) is 5.75. The Morgan fingerprint density at radius 2 is 2.25 bits per heavy atom. The number of rotatable bonds is 3. The fourth-order valence-electron chi connectivity index (χ4n) is 2.21. The van der Waals surface area contributed by atoms with Gasteiger partial charge >= 0.3 is 0 Å². The van der Waals surface area contributed by atoms with Crippen LogP contribution in [0.4, 0.5) is 0 Å². The van der Waals surface area contributed by atoms with Crippen LogP contribution in [0.3, 0.4) is 0 Å². The summed E-state index contributed by atoms with van der Waals surface area (Å²) in [6, 6.07) is 6.42. The van der Waals surface area contributed by atoms with Crippen LogP contribution in [0.2, 0.25) is 0 Å². The van der Waals surface area contributed by atoms with Crippen LogP contribution < -0.4 is 5.32 Å². The monoisotopic (exact) mass is 216 g/mol. The van der Waals surface area contributed by atoms with Crippen molar-refractivity contribution in [1.29, 1.82) is 0 Å². The maximum absolute atomic E-state index is 9.81. The summed E-state index contributed by atoms with van der Waals surface area (Å²) in [5.74, 6) is 0.359. The molecular formula is C13H16N2O. The van der Waals surface area contributed by atoms with Gasteiger partial charge in [0.05, 0.1) is 5.52 Å². The molecule has 0 unspecified atom stereocenters. The van der Waals surface area contributed by atoms with Crippen molar-refractivity contribution >= 4 is 10.9 Å². The zero-order chi connectivity index (χ0) is 11.1. The van der Waals surface area contributed by atoms with E-state index in [-0.39, 0.29) is 0 Å². The van der Waals surface area contributed by atoms with Crippen molar-refractivity contribution in [3.63, 3.8) is 0 Å². The van der Waals surface area contributed by atoms with Crippen molar-refractivity contribution in [2.45, 2.75) is 25.4 Å². The maximum Gasteiger partial charge on any atom is 0.139 e. The van der Waals surface area contributed by atoms with Gasteiger partial charge < -0.3 is 15.0 Å². The third kappa shape index (κ3) is 1.57. The lowest BCUT2D eigenvalue weighted by molar-refractivity contribution is 0.479. The molecule has 0 radical (unpaired) electrons. The van der Waals surface area contributed by atoms with E-state index < -0.39 is 0 Å². The van der Waals surface area contributed by atoms with Crippen molar-refractivity contribution in [2.24, 2.45) is 7.05 Å². The first-order valence-electron chi connectivity index (χ1n) is 5.75. The lowest BCUT2D eigenvalue weighted by Gasteiger charge is -2.01. The lowest BCUT2D eigenvalue weighted by Crippen LogP contribution is -2.14. The molecular weight excluding hydrogens is 200 g/mol. The van der Waals surface area contributed by atoms with E-state index in [1.165, 1.54) is 18.4 Å². The molecule has 0 spiro atoms. The van der Waals surface area contributed by atoms with Crippen LogP contribution in [0.25, 0.3) is 10.9 Å². The Morgan fingerprint density at radius 3 is 3.00 bits per heavy atom. The largest absolute Gasteiger partial charge is 0.506 e. The molecule has 0 amide bonds. The summed E-state index contributed by atoms with van der Waals surface area (Å²) < 4.78 is 1.99. The van der Waals surface area contributed by atoms with Gasteiger partial charge in [-0.25, -0.2) is 0 Å². The van der Waals surface area contributed by atoms with Crippen molar-refractivity contribution < 1.29 is 5.11 Å². The van der Waals surface area contributed by atoms with Gasteiger partial charge in [-0.2, -0.15) is 0 Å². The first kappa shape index (κ1) is 9.73. The summed E-state index contributed by atoms with van der Waals surface area (Å²) in [4.78, 5) is 0. The SMILES string of the molecule is Cn1cc(CNC2CC2)c2cccc(O)c21. The van der Waals surface area contributed by atoms with Crippen LogP contribution in [-0.2, 0) is 13.6 Å². The second-order valence-electron chi connectivity index (χ2n) is 4.59. The Balaban J connectivity index is 2.00. The molecule has 0 bridgehead atoms. The van der Waals surface area contributed by atoms with Gasteiger partial charge in [0.15, 0.2) is 0 Å². The van der Waals surface area contributed by atoms with Gasteiger partial charge in [-0.15, -0.1) is 0 Å². The van der Waals surface area contributed by atoms with Gasteiger partial charge in [0.2, 0.25) is 0 Å². The van der Waals surface area contributed by atoms with Crippen molar-refractivity contribution in [1.82, 2.24) is 9.88 Å². The molecule has 1 saturated carbocycles. The predicted octanol–water partition coefficient (Wildman–Crippen LogP) is 2.14. The Labute approximate surface area is 94.7 Å². The van der Waals surface area contributed by atoms with E-state index in [1.807, 2.05) is 17.7 Å². The van der Waals surface area contributed by atoms with Crippen LogP contribution in [0, 0.1) is 0 Å². The zero-order valence-electron chi connectivity index (χ0n) is 9.40. The fourth-order valence-corrected chi connectivity index (χ4v) is 2.21. The van der Waals surface area contributed by atoms with Gasteiger partial charge in [0.1, 0.15) is 5.75 Å². The van der Waals surface area contributed by atoms with Crippen LogP contribution >= 0.6 is 0 Å². The van der Waals surface area contributed by atoms with E-state index in [4.69, 9.17) is 0 Å². The number of aromatic nitrogens is 1. The van der Waals surface area contributed by atoms with Crippen LogP contribution in [0.15, 0.2) is 24.4 Å². The number of benzene rings is 1. The number of nitrogens with one attached hydrogen (secondary N) is 1. The topological polar surface area (TPSA) is 37.2 Å². The molecule has 0 atom stereocenters. The predicted molar refractivity (Wildman–Crippen MR) is 64.4 cm³/mol. The highest BCUT2D eigenvalue weighted by Gasteiger charge is 2.20. The number of hydrogen-bond acceptors (Lipinski definition) is 2. The number of fused-ring (bicyclic) bond motifs is 1. The standard InChI is InChI=1S/C13H16N2O/c1-15-8-9(7-14-10-5-6-10)11-3-2-4-12(16)13(11)15/h2-4,8,10,14,16H,5-7H2,1H3. The summed E-state index contributed by atoms with van der Waals surface area (Å²) in [5.41, 5.74) is 2.19. The summed E-state index contributed by atoms with van der Waals surface area (Å²) in [5, 5.41) is 14.5. The maximum atomic E-state index is 9.81. The molecule has 1 heterocycles. The van der Waals surface area contributed by atoms with E-state index in [0.717, 1.165) is 17.4 Å². The second-order valence-corrected chi connectivity index (χ2v) is 4.59. The quantitative estimate of drug-likeness (QED) is 0.824. The number of para-hydroxylation sites is 1. The summed E-state index contributed by atoms with van der Waals surface area (Å²) in [6.45, 7) is 0.894. The number of aromatic hydroxyl groups is 1. The molecule has 1 fully saturated rings. The van der Waals surface area contributed by atoms with Crippen LogP contribution in [0.1, 0.15) is 18.4 Å². The van der Waals surface area contributed by atoms with Gasteiger partial charge in [-0.05, 0) is 24.5 Å². The molecule has 2 aromatic rings. The average Bonchev–Trinajstić information content (AvgIpc) is 3.02. The molecule has 16 heavy (non-hydrogen) atoms. The van der Waals surface area contributed by atoms with E-state index >= 15 is 0 Å². The Kier molecular flexibility index (Phi) is 2.14. The summed E-state index contributed by atoms with van der Waals surface area (Å²) >= 11 is 0. The number of aryl methyl sites for hydroxylation is 1. The minimum absolute atomic E-state index is 0.359. The lowest BCUT2D eigenvalue weighted by atomic mass is 10.1. The Bertz CT molecular complexity index is 526. The van der Waals surface area contributed by atoms with Gasteiger partial charge in [-0.3, -0.25) is 0 Å². The minimum Gasteiger partial charge on any atom is -0.506 e. The molecule has 1 aromatic heterocycles. The Morgan fingerprint density at radius 1 is 1.44 bits per heavy atom. The highest BCUT2D eigenvalue weighted by Crippen LogP contribution is 2.28. The van der Waals surface area contributed by atoms with Crippen molar-refractivity contribution in [3.05, 3.63) is 30.0 Å².